The third-order valence-electron chi connectivity index (χ3n) is 6.03. The minimum atomic E-state index is -0.790. The van der Waals surface area contributed by atoms with E-state index in [1.54, 1.807) is 20.8 Å². The molecule has 2 aromatic rings. The number of benzene rings is 2. The molecule has 198 valence electrons. The number of hydroxylamine groups is 2. The molecule has 0 amide bonds. The molecule has 0 spiro atoms. The van der Waals surface area contributed by atoms with Crippen LogP contribution < -0.4 is 4.74 Å². The quantitative estimate of drug-likeness (QED) is 0.350. The van der Waals surface area contributed by atoms with Crippen LogP contribution in [0.5, 0.6) is 5.75 Å². The summed E-state index contributed by atoms with van der Waals surface area (Å²) >= 11 is 0. The molecule has 1 aliphatic heterocycles. The van der Waals surface area contributed by atoms with E-state index in [9.17, 15) is 15.0 Å². The Morgan fingerprint density at radius 2 is 1.58 bits per heavy atom. The number of carbonyl (C=O) groups is 1. The second kappa shape index (κ2) is 13.6. The number of aliphatic hydroxyl groups is 2. The Labute approximate surface area is 213 Å². The molecule has 0 saturated carbocycles. The second-order valence-electron chi connectivity index (χ2n) is 10.1. The Bertz CT molecular complexity index is 900. The maximum Gasteiger partial charge on any atom is 0.528 e. The van der Waals surface area contributed by atoms with Crippen molar-refractivity contribution in [1.82, 2.24) is 5.06 Å². The summed E-state index contributed by atoms with van der Waals surface area (Å²) in [4.78, 5) is 17.4. The number of ether oxygens (including phenoxy) is 3. The van der Waals surface area contributed by atoms with Crippen LogP contribution in [0.25, 0.3) is 0 Å². The Balaban J connectivity index is 1.48. The monoisotopic (exact) mass is 501 g/mol. The van der Waals surface area contributed by atoms with Gasteiger partial charge in [-0.05, 0) is 49.9 Å². The average Bonchev–Trinajstić information content (AvgIpc) is 2.85. The van der Waals surface area contributed by atoms with Crippen molar-refractivity contribution in [2.45, 2.75) is 45.3 Å². The molecular weight excluding hydrogens is 462 g/mol. The van der Waals surface area contributed by atoms with E-state index in [-0.39, 0.29) is 31.0 Å². The summed E-state index contributed by atoms with van der Waals surface area (Å²) in [6, 6.07) is 17.8. The molecule has 2 aromatic carbocycles. The lowest BCUT2D eigenvalue weighted by Crippen LogP contribution is -2.48. The number of nitrogens with zero attached hydrogens (tertiary/aromatic N) is 1. The summed E-state index contributed by atoms with van der Waals surface area (Å²) in [5, 5.41) is 21.6. The summed E-state index contributed by atoms with van der Waals surface area (Å²) in [6.45, 7) is 7.54. The Kier molecular flexibility index (Phi) is 10.6. The van der Waals surface area contributed by atoms with E-state index in [1.165, 1.54) is 5.06 Å². The normalized spacial score (nSPS) is 20.6. The highest BCUT2D eigenvalue weighted by atomic mass is 16.8. The van der Waals surface area contributed by atoms with Crippen molar-refractivity contribution in [3.63, 3.8) is 0 Å². The van der Waals surface area contributed by atoms with E-state index < -0.39 is 11.8 Å². The Morgan fingerprint density at radius 1 is 0.944 bits per heavy atom. The molecule has 36 heavy (non-hydrogen) atoms. The fourth-order valence-corrected chi connectivity index (χ4v) is 4.45. The molecule has 1 unspecified atom stereocenters. The van der Waals surface area contributed by atoms with Crippen molar-refractivity contribution < 1.29 is 34.1 Å². The summed E-state index contributed by atoms with van der Waals surface area (Å²) < 4.78 is 16.8. The fourth-order valence-electron chi connectivity index (χ4n) is 4.45. The molecule has 0 bridgehead atoms. The zero-order valence-corrected chi connectivity index (χ0v) is 21.5. The minimum absolute atomic E-state index is 0.0843. The SMILES string of the molecule is CC(C)(C)OC(=O)ON1C[C@@H](CO)C(c2ccc(OCCCOCc3ccccc3)cc2)[C@@H](CO)C1. The topological polar surface area (TPSA) is 97.7 Å². The first-order chi connectivity index (χ1) is 17.3. The molecule has 1 heterocycles. The van der Waals surface area contributed by atoms with Gasteiger partial charge in [0.1, 0.15) is 11.4 Å². The zero-order valence-electron chi connectivity index (χ0n) is 21.5. The first kappa shape index (κ1) is 27.9. The van der Waals surface area contributed by atoms with Gasteiger partial charge in [0.2, 0.25) is 0 Å². The van der Waals surface area contributed by atoms with E-state index in [0.717, 1.165) is 23.3 Å². The predicted octanol–water partition coefficient (Wildman–Crippen LogP) is 4.16. The Hall–Kier alpha value is -2.65. The molecule has 0 aromatic heterocycles. The highest BCUT2D eigenvalue weighted by Crippen LogP contribution is 2.38. The number of rotatable bonds is 11. The van der Waals surface area contributed by atoms with Crippen molar-refractivity contribution in [1.29, 1.82) is 0 Å². The number of hydrogen-bond donors (Lipinski definition) is 2. The third kappa shape index (κ3) is 8.78. The van der Waals surface area contributed by atoms with Crippen LogP contribution in [-0.2, 0) is 20.9 Å². The largest absolute Gasteiger partial charge is 0.528 e. The van der Waals surface area contributed by atoms with Gasteiger partial charge < -0.3 is 29.3 Å². The first-order valence-corrected chi connectivity index (χ1v) is 12.5. The molecule has 0 aliphatic carbocycles. The summed E-state index contributed by atoms with van der Waals surface area (Å²) in [7, 11) is 0. The van der Waals surface area contributed by atoms with Crippen LogP contribution in [0.15, 0.2) is 54.6 Å². The number of piperidine rings is 1. The third-order valence-corrected chi connectivity index (χ3v) is 6.03. The highest BCUT2D eigenvalue weighted by Gasteiger charge is 2.39. The molecule has 1 aliphatic rings. The van der Waals surface area contributed by atoms with E-state index >= 15 is 0 Å². The summed E-state index contributed by atoms with van der Waals surface area (Å²) in [5.74, 6) is 0.242. The van der Waals surface area contributed by atoms with Gasteiger partial charge in [0.25, 0.3) is 0 Å². The van der Waals surface area contributed by atoms with Crippen molar-refractivity contribution in [2.24, 2.45) is 11.8 Å². The molecule has 1 saturated heterocycles. The molecule has 3 atom stereocenters. The lowest BCUT2D eigenvalue weighted by Gasteiger charge is -2.41. The molecule has 3 rings (SSSR count). The number of carbonyl (C=O) groups excluding carboxylic acids is 1. The Morgan fingerprint density at radius 3 is 2.17 bits per heavy atom. The summed E-state index contributed by atoms with van der Waals surface area (Å²) in [5.41, 5.74) is 1.49. The van der Waals surface area contributed by atoms with Gasteiger partial charge >= 0.3 is 6.16 Å². The van der Waals surface area contributed by atoms with Crippen molar-refractivity contribution in [3.05, 3.63) is 65.7 Å². The maximum absolute atomic E-state index is 12.1. The maximum atomic E-state index is 12.1. The number of hydrogen-bond acceptors (Lipinski definition) is 8. The van der Waals surface area contributed by atoms with Crippen molar-refractivity contribution in [2.75, 3.05) is 39.5 Å². The smallest absolute Gasteiger partial charge is 0.494 e. The highest BCUT2D eigenvalue weighted by molar-refractivity contribution is 5.60. The van der Waals surface area contributed by atoms with Crippen molar-refractivity contribution >= 4 is 6.16 Å². The van der Waals surface area contributed by atoms with Crippen LogP contribution in [0.3, 0.4) is 0 Å². The standard InChI is InChI=1S/C28H39NO7/c1-28(2,3)35-27(32)36-29-16-23(18-30)26(24(17-29)19-31)22-10-12-25(13-11-22)34-15-7-14-33-20-21-8-5-4-6-9-21/h4-6,8-13,23-24,26,30-31H,7,14-20H2,1-3H3/t23-,24+,26?. The van der Waals surface area contributed by atoms with Crippen LogP contribution in [0.4, 0.5) is 4.79 Å². The van der Waals surface area contributed by atoms with E-state index in [1.807, 2.05) is 54.6 Å². The van der Waals surface area contributed by atoms with Gasteiger partial charge in [-0.15, -0.1) is 5.06 Å². The van der Waals surface area contributed by atoms with Crippen LogP contribution in [-0.4, -0.2) is 66.5 Å². The second-order valence-corrected chi connectivity index (χ2v) is 10.1. The van der Waals surface area contributed by atoms with Gasteiger partial charge in [-0.25, -0.2) is 4.79 Å². The molecule has 2 N–H and O–H groups in total. The van der Waals surface area contributed by atoms with Crippen LogP contribution in [0.1, 0.15) is 44.2 Å². The van der Waals surface area contributed by atoms with E-state index in [4.69, 9.17) is 19.0 Å². The van der Waals surface area contributed by atoms with Gasteiger partial charge in [-0.2, -0.15) is 0 Å². The van der Waals surface area contributed by atoms with Gasteiger partial charge in [-0.1, -0.05) is 42.5 Å². The average molecular weight is 502 g/mol. The lowest BCUT2D eigenvalue weighted by molar-refractivity contribution is -0.178. The van der Waals surface area contributed by atoms with Gasteiger partial charge in [-0.3, -0.25) is 0 Å². The van der Waals surface area contributed by atoms with Crippen LogP contribution in [0.2, 0.25) is 0 Å². The molecular formula is C28H39NO7. The van der Waals surface area contributed by atoms with E-state index in [2.05, 4.69) is 0 Å². The molecule has 0 radical (unpaired) electrons. The predicted molar refractivity (Wildman–Crippen MR) is 135 cm³/mol. The molecule has 8 nitrogen and oxygen atoms in total. The van der Waals surface area contributed by atoms with Gasteiger partial charge in [0, 0.05) is 44.6 Å². The molecule has 8 heteroatoms. The van der Waals surface area contributed by atoms with Crippen molar-refractivity contribution in [3.8, 4) is 5.75 Å². The first-order valence-electron chi connectivity index (χ1n) is 12.5. The number of aliphatic hydroxyl groups excluding tert-OH is 2. The zero-order chi connectivity index (χ0) is 26.0. The fraction of sp³-hybridized carbons (Fsp3) is 0.536. The van der Waals surface area contributed by atoms with Crippen LogP contribution >= 0.6 is 0 Å². The minimum Gasteiger partial charge on any atom is -0.494 e. The van der Waals surface area contributed by atoms with Gasteiger partial charge in [0.15, 0.2) is 0 Å². The molecule has 1 fully saturated rings. The van der Waals surface area contributed by atoms with E-state index in [0.29, 0.717) is 32.9 Å². The summed E-state index contributed by atoms with van der Waals surface area (Å²) in [6.07, 6.45) is -0.00885. The van der Waals surface area contributed by atoms with Gasteiger partial charge in [0.05, 0.1) is 19.8 Å². The van der Waals surface area contributed by atoms with Crippen LogP contribution in [0, 0.1) is 11.8 Å². The lowest BCUT2D eigenvalue weighted by atomic mass is 9.74.